The molecule has 0 spiro atoms. The van der Waals surface area contributed by atoms with Gasteiger partial charge in [-0.05, 0) is 37.1 Å². The summed E-state index contributed by atoms with van der Waals surface area (Å²) < 4.78 is 0.954. The van der Waals surface area contributed by atoms with Gasteiger partial charge in [-0.2, -0.15) is 0 Å². The summed E-state index contributed by atoms with van der Waals surface area (Å²) >= 11 is 3.35. The first-order valence-corrected chi connectivity index (χ1v) is 7.76. The van der Waals surface area contributed by atoms with Crippen LogP contribution in [0.5, 0.6) is 0 Å². The molecular formula is C15H17BrN2O2. The van der Waals surface area contributed by atoms with Gasteiger partial charge in [-0.15, -0.1) is 0 Å². The number of likely N-dealkylation sites (tertiary alicyclic amines) is 1. The lowest BCUT2D eigenvalue weighted by Gasteiger charge is -2.15. The second-order valence-corrected chi connectivity index (χ2v) is 6.48. The Kier molecular flexibility index (Phi) is 3.78. The Morgan fingerprint density at radius 1 is 1.30 bits per heavy atom. The number of amides is 2. The number of rotatable bonds is 4. The number of halogens is 1. The van der Waals surface area contributed by atoms with Crippen LogP contribution >= 0.6 is 15.9 Å². The molecule has 4 nitrogen and oxygen atoms in total. The summed E-state index contributed by atoms with van der Waals surface area (Å²) in [6.07, 6.45) is 2.85. The summed E-state index contributed by atoms with van der Waals surface area (Å²) in [5, 5.41) is 2.93. The van der Waals surface area contributed by atoms with Crippen LogP contribution in [0.3, 0.4) is 0 Å². The maximum atomic E-state index is 12.0. The molecule has 1 N–H and O–H groups in total. The van der Waals surface area contributed by atoms with Crippen LogP contribution < -0.4 is 5.32 Å². The highest BCUT2D eigenvalue weighted by Crippen LogP contribution is 2.32. The van der Waals surface area contributed by atoms with Crippen molar-refractivity contribution in [1.82, 2.24) is 10.2 Å². The van der Waals surface area contributed by atoms with Gasteiger partial charge in [0.1, 0.15) is 0 Å². The SMILES string of the molecule is O=C(NCC1CC(=O)N(C2CC2)C1)c1ccc(Br)cc1. The first kappa shape index (κ1) is 13.6. The fourth-order valence-corrected chi connectivity index (χ4v) is 2.89. The summed E-state index contributed by atoms with van der Waals surface area (Å²) in [7, 11) is 0. The molecule has 1 aromatic rings. The van der Waals surface area contributed by atoms with Crippen LogP contribution in [-0.2, 0) is 4.79 Å². The van der Waals surface area contributed by atoms with Crippen LogP contribution in [0.4, 0.5) is 0 Å². The molecule has 5 heteroatoms. The monoisotopic (exact) mass is 336 g/mol. The Bertz CT molecular complexity index is 525. The minimum Gasteiger partial charge on any atom is -0.352 e. The Hall–Kier alpha value is -1.36. The van der Waals surface area contributed by atoms with Crippen LogP contribution in [0.25, 0.3) is 0 Å². The third-order valence-electron chi connectivity index (χ3n) is 3.88. The summed E-state index contributed by atoms with van der Waals surface area (Å²) in [6.45, 7) is 1.37. The Morgan fingerprint density at radius 3 is 2.65 bits per heavy atom. The van der Waals surface area contributed by atoms with Crippen LogP contribution in [0.15, 0.2) is 28.7 Å². The standard InChI is InChI=1S/C15H17BrN2O2/c16-12-3-1-11(2-4-12)15(20)17-8-10-7-14(19)18(9-10)13-5-6-13/h1-4,10,13H,5-9H2,(H,17,20). The van der Waals surface area contributed by atoms with Gasteiger partial charge in [-0.25, -0.2) is 0 Å². The van der Waals surface area contributed by atoms with Crippen molar-refractivity contribution in [3.05, 3.63) is 34.3 Å². The molecule has 1 unspecified atom stereocenters. The highest BCUT2D eigenvalue weighted by atomic mass is 79.9. The van der Waals surface area contributed by atoms with E-state index in [0.717, 1.165) is 23.9 Å². The molecular weight excluding hydrogens is 320 g/mol. The molecule has 2 aliphatic rings. The number of carbonyl (C=O) groups excluding carboxylic acids is 2. The highest BCUT2D eigenvalue weighted by molar-refractivity contribution is 9.10. The zero-order valence-electron chi connectivity index (χ0n) is 11.1. The van der Waals surface area contributed by atoms with Gasteiger partial charge < -0.3 is 10.2 Å². The van der Waals surface area contributed by atoms with Gasteiger partial charge in [0.25, 0.3) is 5.91 Å². The predicted octanol–water partition coefficient (Wildman–Crippen LogP) is 2.19. The van der Waals surface area contributed by atoms with Gasteiger partial charge in [0.2, 0.25) is 5.91 Å². The molecule has 0 bridgehead atoms. The molecule has 1 aromatic carbocycles. The van der Waals surface area contributed by atoms with Crippen LogP contribution in [0, 0.1) is 5.92 Å². The molecule has 0 radical (unpaired) electrons. The number of nitrogens with one attached hydrogen (secondary N) is 1. The van der Waals surface area contributed by atoms with Crippen molar-refractivity contribution in [2.75, 3.05) is 13.1 Å². The lowest BCUT2D eigenvalue weighted by atomic mass is 10.1. The van der Waals surface area contributed by atoms with Gasteiger partial charge in [0.15, 0.2) is 0 Å². The quantitative estimate of drug-likeness (QED) is 0.916. The zero-order chi connectivity index (χ0) is 14.1. The van der Waals surface area contributed by atoms with Crippen molar-refractivity contribution in [3.8, 4) is 0 Å². The van der Waals surface area contributed by atoms with Crippen LogP contribution in [-0.4, -0.2) is 35.8 Å². The van der Waals surface area contributed by atoms with E-state index in [4.69, 9.17) is 0 Å². The summed E-state index contributed by atoms with van der Waals surface area (Å²) in [4.78, 5) is 25.8. The van der Waals surface area contributed by atoms with Gasteiger partial charge in [0.05, 0.1) is 0 Å². The van der Waals surface area contributed by atoms with Crippen molar-refractivity contribution in [1.29, 1.82) is 0 Å². The second-order valence-electron chi connectivity index (χ2n) is 5.56. The molecule has 1 saturated heterocycles. The minimum absolute atomic E-state index is 0.0742. The third-order valence-corrected chi connectivity index (χ3v) is 4.41. The van der Waals surface area contributed by atoms with Crippen LogP contribution in [0.1, 0.15) is 29.6 Å². The average Bonchev–Trinajstić information content (AvgIpc) is 3.21. The van der Waals surface area contributed by atoms with Gasteiger partial charge in [-0.3, -0.25) is 9.59 Å². The molecule has 0 aromatic heterocycles. The minimum atomic E-state index is -0.0742. The zero-order valence-corrected chi connectivity index (χ0v) is 12.7. The molecule has 3 rings (SSSR count). The van der Waals surface area contributed by atoms with Crippen molar-refractivity contribution in [2.24, 2.45) is 5.92 Å². The first-order valence-electron chi connectivity index (χ1n) is 6.96. The van der Waals surface area contributed by atoms with Crippen molar-refractivity contribution >= 4 is 27.7 Å². The van der Waals surface area contributed by atoms with E-state index in [0.29, 0.717) is 24.6 Å². The third kappa shape index (κ3) is 3.03. The van der Waals surface area contributed by atoms with E-state index in [1.807, 2.05) is 17.0 Å². The van der Waals surface area contributed by atoms with Crippen molar-refractivity contribution in [2.45, 2.75) is 25.3 Å². The highest BCUT2D eigenvalue weighted by Gasteiger charge is 2.39. The number of benzene rings is 1. The van der Waals surface area contributed by atoms with E-state index >= 15 is 0 Å². The van der Waals surface area contributed by atoms with E-state index in [1.165, 1.54) is 0 Å². The van der Waals surface area contributed by atoms with Gasteiger partial charge in [0, 0.05) is 41.5 Å². The number of hydrogen-bond donors (Lipinski definition) is 1. The lowest BCUT2D eigenvalue weighted by molar-refractivity contribution is -0.128. The largest absolute Gasteiger partial charge is 0.352 e. The Labute approximate surface area is 126 Å². The van der Waals surface area contributed by atoms with Gasteiger partial charge >= 0.3 is 0 Å². The molecule has 2 amide bonds. The smallest absolute Gasteiger partial charge is 0.251 e. The molecule has 2 fully saturated rings. The van der Waals surface area contributed by atoms with E-state index in [-0.39, 0.29) is 17.7 Å². The summed E-state index contributed by atoms with van der Waals surface area (Å²) in [5.74, 6) is 0.424. The number of hydrogen-bond acceptors (Lipinski definition) is 2. The van der Waals surface area contributed by atoms with Gasteiger partial charge in [-0.1, -0.05) is 15.9 Å². The molecule has 1 heterocycles. The molecule has 106 valence electrons. The summed E-state index contributed by atoms with van der Waals surface area (Å²) in [6, 6.07) is 7.76. The maximum absolute atomic E-state index is 12.0. The lowest BCUT2D eigenvalue weighted by Crippen LogP contribution is -2.32. The first-order chi connectivity index (χ1) is 9.63. The topological polar surface area (TPSA) is 49.4 Å². The molecule has 1 saturated carbocycles. The van der Waals surface area contributed by atoms with E-state index in [1.54, 1.807) is 12.1 Å². The number of carbonyl (C=O) groups is 2. The van der Waals surface area contributed by atoms with Crippen molar-refractivity contribution in [3.63, 3.8) is 0 Å². The predicted molar refractivity (Wildman–Crippen MR) is 79.3 cm³/mol. The van der Waals surface area contributed by atoms with Crippen molar-refractivity contribution < 1.29 is 9.59 Å². The Morgan fingerprint density at radius 2 is 2.00 bits per heavy atom. The molecule has 1 atom stereocenters. The fraction of sp³-hybridized carbons (Fsp3) is 0.467. The van der Waals surface area contributed by atoms with E-state index < -0.39 is 0 Å². The van der Waals surface area contributed by atoms with E-state index in [2.05, 4.69) is 21.2 Å². The average molecular weight is 337 g/mol. The molecule has 20 heavy (non-hydrogen) atoms. The maximum Gasteiger partial charge on any atom is 0.251 e. The Balaban J connectivity index is 1.51. The summed E-state index contributed by atoms with van der Waals surface area (Å²) in [5.41, 5.74) is 0.650. The molecule has 1 aliphatic carbocycles. The second kappa shape index (κ2) is 5.56. The number of nitrogens with zero attached hydrogens (tertiary/aromatic N) is 1. The molecule has 1 aliphatic heterocycles. The van der Waals surface area contributed by atoms with E-state index in [9.17, 15) is 9.59 Å². The van der Waals surface area contributed by atoms with Crippen LogP contribution in [0.2, 0.25) is 0 Å². The fourth-order valence-electron chi connectivity index (χ4n) is 2.62. The normalized spacial score (nSPS) is 22.1.